The SMILES string of the molecule is Nc1cc(Cl)c(C(F)(F)F)c(C2=NC3OCCC4C(O)CCCN4C4=NC(OC[C@@]56CCCN5C[C@H](F)C6)=NC(=C2F)C43)c1. The van der Waals surface area contributed by atoms with E-state index in [4.69, 9.17) is 31.8 Å². The van der Waals surface area contributed by atoms with Crippen LogP contribution in [0.4, 0.5) is 27.6 Å². The highest BCUT2D eigenvalue weighted by molar-refractivity contribution is 6.32. The van der Waals surface area contributed by atoms with Gasteiger partial charge >= 0.3 is 12.2 Å². The molecule has 4 saturated heterocycles. The second kappa shape index (κ2) is 10.9. The molecule has 0 amide bonds. The molecule has 6 atom stereocenters. The lowest BCUT2D eigenvalue weighted by atomic mass is 9.88. The Bertz CT molecular complexity index is 1480. The van der Waals surface area contributed by atoms with Crippen LogP contribution in [0.3, 0.4) is 0 Å². The molecule has 44 heavy (non-hydrogen) atoms. The molecular formula is C29H32ClF5N6O3. The number of nitrogen functional groups attached to an aromatic ring is 1. The van der Waals surface area contributed by atoms with Gasteiger partial charge in [-0.05, 0) is 50.8 Å². The van der Waals surface area contributed by atoms with Crippen LogP contribution in [0.2, 0.25) is 5.02 Å². The average molecular weight is 643 g/mol. The fourth-order valence-corrected chi connectivity index (χ4v) is 8.01. The van der Waals surface area contributed by atoms with Crippen LogP contribution in [0.25, 0.3) is 0 Å². The molecule has 0 bridgehead atoms. The van der Waals surface area contributed by atoms with E-state index in [1.54, 1.807) is 0 Å². The molecule has 238 valence electrons. The molecule has 1 aromatic carbocycles. The summed E-state index contributed by atoms with van der Waals surface area (Å²) in [5.74, 6) is -1.81. The predicted octanol–water partition coefficient (Wildman–Crippen LogP) is 4.47. The van der Waals surface area contributed by atoms with Crippen molar-refractivity contribution in [3.05, 3.63) is 39.8 Å². The summed E-state index contributed by atoms with van der Waals surface area (Å²) in [5, 5.41) is 10.2. The minimum absolute atomic E-state index is 0.0680. The van der Waals surface area contributed by atoms with E-state index in [2.05, 4.69) is 14.9 Å². The van der Waals surface area contributed by atoms with E-state index in [9.17, 15) is 22.7 Å². The van der Waals surface area contributed by atoms with Gasteiger partial charge in [0.05, 0.1) is 40.6 Å². The van der Waals surface area contributed by atoms with Crippen LogP contribution in [0, 0.1) is 5.92 Å². The van der Waals surface area contributed by atoms with Crippen molar-refractivity contribution in [1.82, 2.24) is 9.80 Å². The Balaban J connectivity index is 1.34. The highest BCUT2D eigenvalue weighted by Gasteiger charge is 2.51. The molecule has 6 heterocycles. The van der Waals surface area contributed by atoms with Crippen LogP contribution in [-0.2, 0) is 15.7 Å². The zero-order chi connectivity index (χ0) is 31.0. The summed E-state index contributed by atoms with van der Waals surface area (Å²) in [5.41, 5.74) is 2.41. The van der Waals surface area contributed by atoms with E-state index in [1.807, 2.05) is 4.90 Å². The number of piperidine rings is 1. The van der Waals surface area contributed by atoms with Crippen molar-refractivity contribution in [3.8, 4) is 0 Å². The first-order valence-corrected chi connectivity index (χ1v) is 15.2. The number of rotatable bonds is 3. The van der Waals surface area contributed by atoms with Crippen LogP contribution in [-0.4, -0.2) is 95.4 Å². The van der Waals surface area contributed by atoms with Crippen molar-refractivity contribution < 1.29 is 36.5 Å². The molecule has 7 rings (SSSR count). The molecule has 0 saturated carbocycles. The molecule has 15 heteroatoms. The maximum atomic E-state index is 16.6. The monoisotopic (exact) mass is 642 g/mol. The molecule has 0 aromatic heterocycles. The number of aliphatic hydroxyl groups is 1. The zero-order valence-electron chi connectivity index (χ0n) is 23.7. The number of allylic oxidation sites excluding steroid dienone is 1. The van der Waals surface area contributed by atoms with Gasteiger partial charge in [-0.2, -0.15) is 23.2 Å². The second-order valence-electron chi connectivity index (χ2n) is 12.3. The Morgan fingerprint density at radius 3 is 2.80 bits per heavy atom. The van der Waals surface area contributed by atoms with Gasteiger partial charge in [-0.3, -0.25) is 4.90 Å². The van der Waals surface area contributed by atoms with Crippen molar-refractivity contribution in [3.63, 3.8) is 0 Å². The van der Waals surface area contributed by atoms with Gasteiger partial charge in [0.15, 0.2) is 12.1 Å². The number of hydrogen-bond donors (Lipinski definition) is 2. The number of ether oxygens (including phenoxy) is 2. The molecule has 1 aromatic rings. The Morgan fingerprint density at radius 2 is 2.00 bits per heavy atom. The molecule has 4 fully saturated rings. The minimum atomic E-state index is -4.94. The highest BCUT2D eigenvalue weighted by Crippen LogP contribution is 2.45. The van der Waals surface area contributed by atoms with Crippen LogP contribution in [0.1, 0.15) is 49.7 Å². The second-order valence-corrected chi connectivity index (χ2v) is 12.7. The lowest BCUT2D eigenvalue weighted by Gasteiger charge is -2.47. The van der Waals surface area contributed by atoms with Crippen molar-refractivity contribution >= 4 is 34.9 Å². The molecular weight excluding hydrogens is 611 g/mol. The highest BCUT2D eigenvalue weighted by atomic mass is 35.5. The number of nitrogens with zero attached hydrogens (tertiary/aromatic N) is 5. The summed E-state index contributed by atoms with van der Waals surface area (Å²) in [4.78, 5) is 17.4. The van der Waals surface area contributed by atoms with Crippen molar-refractivity contribution in [2.24, 2.45) is 20.9 Å². The van der Waals surface area contributed by atoms with Gasteiger partial charge in [0.1, 0.15) is 30.2 Å². The third-order valence-corrected chi connectivity index (χ3v) is 9.89. The van der Waals surface area contributed by atoms with E-state index in [1.165, 1.54) is 0 Å². The van der Waals surface area contributed by atoms with Gasteiger partial charge in [0, 0.05) is 30.8 Å². The van der Waals surface area contributed by atoms with E-state index in [-0.39, 0.29) is 36.7 Å². The van der Waals surface area contributed by atoms with Gasteiger partial charge in [-0.1, -0.05) is 11.6 Å². The summed E-state index contributed by atoms with van der Waals surface area (Å²) in [7, 11) is 0. The van der Waals surface area contributed by atoms with Crippen molar-refractivity contribution in [1.29, 1.82) is 0 Å². The maximum Gasteiger partial charge on any atom is 0.418 e. The summed E-state index contributed by atoms with van der Waals surface area (Å²) in [6.45, 7) is 1.73. The van der Waals surface area contributed by atoms with Crippen LogP contribution in [0.15, 0.2) is 38.6 Å². The Morgan fingerprint density at radius 1 is 1.18 bits per heavy atom. The number of nitrogens with two attached hydrogens (primary N) is 1. The molecule has 0 aliphatic carbocycles. The Kier molecular flexibility index (Phi) is 7.41. The fourth-order valence-electron chi connectivity index (χ4n) is 7.67. The third kappa shape index (κ3) is 4.97. The van der Waals surface area contributed by atoms with Crippen LogP contribution < -0.4 is 5.73 Å². The largest absolute Gasteiger partial charge is 0.461 e. The van der Waals surface area contributed by atoms with Crippen molar-refractivity contribution in [2.75, 3.05) is 38.6 Å². The fraction of sp³-hybridized carbons (Fsp3) is 0.621. The molecule has 0 radical (unpaired) electrons. The van der Waals surface area contributed by atoms with E-state index < -0.39 is 63.8 Å². The standard InChI is InChI=1S/C29H32ClF5N6O3/c30-17-10-15(36)9-16(21(17)29(33,34)35)23-22(32)24-20-25(41-7-1-3-19(42)18(41)4-8-43-26(20)37-23)39-27(38-24)44-13-28-5-2-6-40(28)12-14(31)11-28/h9-10,14,18-20,26,42H,1-8,11-13,36H2/t14-,18?,19?,20?,26?,28+/m1/s1. The smallest absolute Gasteiger partial charge is 0.418 e. The molecule has 4 unspecified atom stereocenters. The minimum Gasteiger partial charge on any atom is -0.461 e. The summed E-state index contributed by atoms with van der Waals surface area (Å²) in [6.07, 6.45) is -4.30. The Hall–Kier alpha value is -2.81. The van der Waals surface area contributed by atoms with E-state index in [0.717, 1.165) is 31.5 Å². The lowest BCUT2D eigenvalue weighted by Crippen LogP contribution is -2.58. The number of aliphatic hydroxyl groups excluding tert-OH is 1. The van der Waals surface area contributed by atoms with Crippen LogP contribution in [0.5, 0.6) is 0 Å². The first-order chi connectivity index (χ1) is 20.9. The lowest BCUT2D eigenvalue weighted by molar-refractivity contribution is -0.137. The van der Waals surface area contributed by atoms with Gasteiger partial charge in [-0.25, -0.2) is 13.8 Å². The summed E-state index contributed by atoms with van der Waals surface area (Å²) in [6, 6.07) is 1.36. The number of anilines is 1. The number of benzene rings is 1. The number of alkyl halides is 4. The molecule has 6 aliphatic heterocycles. The first-order valence-electron chi connectivity index (χ1n) is 14.8. The maximum absolute atomic E-state index is 16.6. The molecule has 6 aliphatic rings. The van der Waals surface area contributed by atoms with E-state index >= 15 is 4.39 Å². The van der Waals surface area contributed by atoms with Gasteiger partial charge in [0.2, 0.25) is 0 Å². The van der Waals surface area contributed by atoms with Gasteiger partial charge < -0.3 is 25.2 Å². The Labute approximate surface area is 255 Å². The van der Waals surface area contributed by atoms with Crippen LogP contribution >= 0.6 is 11.6 Å². The number of dihydropyridines is 1. The topological polar surface area (TPSA) is 108 Å². The number of fused-ring (bicyclic) bond motifs is 3. The average Bonchev–Trinajstić information content (AvgIpc) is 3.47. The summed E-state index contributed by atoms with van der Waals surface area (Å²) < 4.78 is 85.8. The molecule has 0 spiro atoms. The molecule has 9 nitrogen and oxygen atoms in total. The normalized spacial score (nSPS) is 33.9. The van der Waals surface area contributed by atoms with Gasteiger partial charge in [0.25, 0.3) is 0 Å². The zero-order valence-corrected chi connectivity index (χ0v) is 24.4. The molecule has 3 N–H and O–H groups in total. The summed E-state index contributed by atoms with van der Waals surface area (Å²) >= 11 is 5.99. The number of aliphatic imine (C=N–C) groups is 3. The first kappa shape index (κ1) is 29.9. The van der Waals surface area contributed by atoms with Gasteiger partial charge in [-0.15, -0.1) is 0 Å². The third-order valence-electron chi connectivity index (χ3n) is 9.60. The predicted molar refractivity (Wildman–Crippen MR) is 153 cm³/mol. The number of amidine groups is 2. The van der Waals surface area contributed by atoms with Crippen molar-refractivity contribution in [2.45, 2.75) is 74.8 Å². The van der Waals surface area contributed by atoms with E-state index in [0.29, 0.717) is 44.6 Å². The number of halogens is 6. The quantitative estimate of drug-likeness (QED) is 0.372. The number of hydrogen-bond acceptors (Lipinski definition) is 9.